The van der Waals surface area contributed by atoms with Crippen LogP contribution >= 0.6 is 0 Å². The number of ketones is 1. The van der Waals surface area contributed by atoms with E-state index in [-0.39, 0.29) is 123 Å². The van der Waals surface area contributed by atoms with Crippen molar-refractivity contribution in [2.24, 2.45) is 50.2 Å². The van der Waals surface area contributed by atoms with Crippen molar-refractivity contribution in [1.82, 2.24) is 0 Å². The molecule has 5 aliphatic carbocycles. The number of aliphatic carboxylic acids is 3. The number of aliphatic hydroxyl groups is 5. The second kappa shape index (κ2) is 18.5. The third-order valence-electron chi connectivity index (χ3n) is 17.2. The van der Waals surface area contributed by atoms with Gasteiger partial charge in [0.05, 0.1) is 18.0 Å². The molecule has 0 amide bonds. The topological polar surface area (TPSA) is 276 Å². The summed E-state index contributed by atoms with van der Waals surface area (Å²) in [6.45, 7) is 14.6. The Morgan fingerprint density at radius 1 is 0.689 bits per heavy atom. The third-order valence-corrected chi connectivity index (χ3v) is 17.2. The summed E-state index contributed by atoms with van der Waals surface area (Å²) in [6.07, 6.45) is -13.4. The summed E-state index contributed by atoms with van der Waals surface area (Å²) in [5.41, 5.74) is -2.11. The standard InChI is InChI=1S/C42H62O16.3Na/c1-37(2)21-8-11-42(7)31(20(43)16-18-19-17-39(4,36(53)54)13-12-38(19,3)14-15-41(18,42)6)40(21,5)10-9-22(37)55-35-30(26(47)25(46)29(57-35)33(51)52)58-34-27(48)23(44)24(45)28(56-34)32(49)50;;;/h16,19,21-31,34-35,44-48H,8-15,17H2,1-7H3,(H,49,50)(H,51,52)(H,53,54);;;/q;3*+1/p-3/t19-,21-,22+,23-,24-,25-,26-,27+,28-,29-,30+,31+,34-,35-,38+,39+,40-,41+,42+;;;/m0.../s1. The zero-order chi connectivity index (χ0) is 42.9. The number of fused-ring (bicyclic) bond motifs is 7. The van der Waals surface area contributed by atoms with Crippen LogP contribution in [-0.2, 0) is 38.1 Å². The smallest absolute Gasteiger partial charge is 0.550 e. The summed E-state index contributed by atoms with van der Waals surface area (Å²) in [5, 5.41) is 89.2. The van der Waals surface area contributed by atoms with E-state index in [1.807, 2.05) is 19.9 Å². The van der Waals surface area contributed by atoms with E-state index in [0.717, 1.165) is 24.8 Å². The normalized spacial score (nSPS) is 50.0. The van der Waals surface area contributed by atoms with Crippen molar-refractivity contribution in [2.45, 2.75) is 174 Å². The molecule has 2 saturated heterocycles. The minimum atomic E-state index is -2.16. The molecule has 0 unspecified atom stereocenters. The number of carbonyl (C=O) groups is 4. The molecule has 6 fully saturated rings. The van der Waals surface area contributed by atoms with Gasteiger partial charge in [0, 0.05) is 17.3 Å². The van der Waals surface area contributed by atoms with Gasteiger partial charge < -0.3 is 74.2 Å². The van der Waals surface area contributed by atoms with Crippen LogP contribution in [0.2, 0.25) is 0 Å². The van der Waals surface area contributed by atoms with E-state index in [1.165, 1.54) is 0 Å². The molecular weight excluding hydrogens is 829 g/mol. The number of hydrogen-bond donors (Lipinski definition) is 5. The first-order valence-electron chi connectivity index (χ1n) is 20.7. The molecule has 0 aromatic carbocycles. The summed E-state index contributed by atoms with van der Waals surface area (Å²) >= 11 is 0. The largest absolute Gasteiger partial charge is 1.00 e. The van der Waals surface area contributed by atoms with Crippen molar-refractivity contribution in [1.29, 1.82) is 0 Å². The van der Waals surface area contributed by atoms with Gasteiger partial charge in [0.2, 0.25) is 0 Å². The van der Waals surface area contributed by atoms with E-state index in [1.54, 1.807) is 6.92 Å². The van der Waals surface area contributed by atoms with E-state index in [9.17, 15) is 60.0 Å². The van der Waals surface area contributed by atoms with E-state index < -0.39 is 107 Å². The van der Waals surface area contributed by atoms with Crippen LogP contribution in [0, 0.1) is 50.2 Å². The van der Waals surface area contributed by atoms with Crippen LogP contribution in [0.5, 0.6) is 0 Å². The Morgan fingerprint density at radius 2 is 1.25 bits per heavy atom. The zero-order valence-electron chi connectivity index (χ0n) is 37.3. The number of rotatable bonds is 7. The molecule has 19 heteroatoms. The number of allylic oxidation sites excluding steroid dienone is 2. The first kappa shape index (κ1) is 54.1. The van der Waals surface area contributed by atoms with Crippen molar-refractivity contribution in [3.05, 3.63) is 11.6 Å². The van der Waals surface area contributed by atoms with Crippen LogP contribution < -0.4 is 104 Å². The molecule has 326 valence electrons. The monoisotopic (exact) mass is 888 g/mol. The number of hydrogen-bond acceptors (Lipinski definition) is 16. The Labute approximate surface area is 423 Å². The molecule has 0 aromatic heterocycles. The molecule has 2 heterocycles. The molecule has 7 aliphatic rings. The molecule has 0 aromatic rings. The van der Waals surface area contributed by atoms with Gasteiger partial charge in [0.1, 0.15) is 48.8 Å². The van der Waals surface area contributed by atoms with Gasteiger partial charge in [0.25, 0.3) is 0 Å². The van der Waals surface area contributed by atoms with Gasteiger partial charge in [-0.2, -0.15) is 0 Å². The minimum absolute atomic E-state index is 0. The quantitative estimate of drug-likeness (QED) is 0.117. The van der Waals surface area contributed by atoms with E-state index in [4.69, 9.17) is 18.9 Å². The second-order valence-corrected chi connectivity index (χ2v) is 20.6. The maximum absolute atomic E-state index is 14.8. The molecule has 0 bridgehead atoms. The van der Waals surface area contributed by atoms with Crippen LogP contribution in [0.15, 0.2) is 11.6 Å². The molecule has 7 rings (SSSR count). The summed E-state index contributed by atoms with van der Waals surface area (Å²) in [6, 6.07) is 0. The fraction of sp³-hybridized carbons (Fsp3) is 0.857. The van der Waals surface area contributed by atoms with Gasteiger partial charge in [-0.25, -0.2) is 0 Å². The Hall–Kier alpha value is 0.460. The summed E-state index contributed by atoms with van der Waals surface area (Å²) in [4.78, 5) is 50.9. The molecule has 19 atom stereocenters. The van der Waals surface area contributed by atoms with Crippen molar-refractivity contribution < 1.29 is 168 Å². The van der Waals surface area contributed by atoms with Crippen molar-refractivity contribution in [3.63, 3.8) is 0 Å². The molecule has 16 nitrogen and oxygen atoms in total. The molecule has 0 radical (unpaired) electrons. The predicted molar refractivity (Wildman–Crippen MR) is 192 cm³/mol. The Bertz CT molecular complexity index is 1750. The molecule has 2 aliphatic heterocycles. The Kier molecular flexibility index (Phi) is 16.4. The van der Waals surface area contributed by atoms with Gasteiger partial charge in [-0.3, -0.25) is 4.79 Å². The van der Waals surface area contributed by atoms with E-state index in [0.29, 0.717) is 38.5 Å². The average molecular weight is 889 g/mol. The third kappa shape index (κ3) is 8.44. The minimum Gasteiger partial charge on any atom is -0.550 e. The number of carboxylic acid groups (broad SMARTS) is 3. The van der Waals surface area contributed by atoms with Crippen LogP contribution in [0.3, 0.4) is 0 Å². The average Bonchev–Trinajstić information content (AvgIpc) is 3.13. The number of carboxylic acids is 3. The first-order chi connectivity index (χ1) is 26.8. The first-order valence-corrected chi connectivity index (χ1v) is 20.7. The number of aliphatic hydroxyl groups excluding tert-OH is 5. The van der Waals surface area contributed by atoms with E-state index in [2.05, 4.69) is 27.7 Å². The van der Waals surface area contributed by atoms with Crippen LogP contribution in [0.4, 0.5) is 0 Å². The van der Waals surface area contributed by atoms with Crippen LogP contribution in [0.1, 0.15) is 106 Å². The fourth-order valence-electron chi connectivity index (χ4n) is 13.3. The summed E-state index contributed by atoms with van der Waals surface area (Å²) < 4.78 is 23.1. The zero-order valence-corrected chi connectivity index (χ0v) is 43.3. The van der Waals surface area contributed by atoms with Crippen molar-refractivity contribution >= 4 is 23.7 Å². The predicted octanol–water partition coefficient (Wildman–Crippen LogP) is -10.7. The van der Waals surface area contributed by atoms with Gasteiger partial charge in [-0.05, 0) is 103 Å². The second-order valence-electron chi connectivity index (χ2n) is 20.6. The molecule has 4 saturated carbocycles. The molecular formula is C42H59Na3O16. The van der Waals surface area contributed by atoms with E-state index >= 15 is 0 Å². The Balaban J connectivity index is 0.00000273. The van der Waals surface area contributed by atoms with Crippen molar-refractivity contribution in [2.75, 3.05) is 0 Å². The Morgan fingerprint density at radius 3 is 1.82 bits per heavy atom. The maximum atomic E-state index is 14.8. The SMILES string of the molecule is CC1(C)[C@H](O[C@H]2O[C@H](C(=O)[O-])[C@@H](O)[C@H](O)[C@H]2O[C@@H]2O[C@H](C(=O)[O-])[C@@H](O)[C@H](O)[C@H]2O)CC[C@]2(C)[C@H]3C(=O)C=C4[C@@H]5C[C@](C)(C(=O)[O-])CC[C@]5(C)CC[C@@]4(C)[C@]3(C)CC[C@@H]12.[Na+].[Na+].[Na+]. The summed E-state index contributed by atoms with van der Waals surface area (Å²) in [5.74, 6) is -5.37. The van der Waals surface area contributed by atoms with Gasteiger partial charge in [-0.1, -0.05) is 54.0 Å². The maximum Gasteiger partial charge on any atom is 1.00 e. The van der Waals surface area contributed by atoms with Gasteiger partial charge in [0.15, 0.2) is 18.4 Å². The molecule has 5 N–H and O–H groups in total. The number of carbonyl (C=O) groups excluding carboxylic acids is 4. The summed E-state index contributed by atoms with van der Waals surface area (Å²) in [7, 11) is 0. The van der Waals surface area contributed by atoms with Gasteiger partial charge in [-0.15, -0.1) is 0 Å². The molecule has 61 heavy (non-hydrogen) atoms. The molecule has 0 spiro atoms. The van der Waals surface area contributed by atoms with Gasteiger partial charge >= 0.3 is 88.7 Å². The van der Waals surface area contributed by atoms with Crippen molar-refractivity contribution in [3.8, 4) is 0 Å². The van der Waals surface area contributed by atoms with Crippen LogP contribution in [-0.4, -0.2) is 117 Å². The number of ether oxygens (including phenoxy) is 4. The fourth-order valence-corrected chi connectivity index (χ4v) is 13.3. The van der Waals surface area contributed by atoms with Crippen LogP contribution in [0.25, 0.3) is 0 Å².